The topological polar surface area (TPSA) is 137 Å². The van der Waals surface area contributed by atoms with Crippen molar-refractivity contribution >= 4 is 22.6 Å². The second-order valence-corrected chi connectivity index (χ2v) is 10.6. The number of rotatable bonds is 5. The average molecular weight is 489 g/mol. The lowest BCUT2D eigenvalue weighted by Gasteiger charge is -2.39. The van der Waals surface area contributed by atoms with Gasteiger partial charge in [0.1, 0.15) is 5.82 Å². The molecule has 2 aliphatic rings. The van der Waals surface area contributed by atoms with Gasteiger partial charge in [0, 0.05) is 65.7 Å². The minimum absolute atomic E-state index is 0.237. The fraction of sp³-hybridized carbons (Fsp3) is 0.333. The van der Waals surface area contributed by atoms with Crippen molar-refractivity contribution in [3.8, 4) is 22.7 Å². The Morgan fingerprint density at radius 1 is 0.914 bits per heavy atom. The van der Waals surface area contributed by atoms with Crippen molar-refractivity contribution in [2.24, 2.45) is 0 Å². The van der Waals surface area contributed by atoms with Crippen LogP contribution in [0.2, 0.25) is 0 Å². The Kier molecular flexibility index (Phi) is 5.48. The van der Waals surface area contributed by atoms with E-state index in [0.717, 1.165) is 60.6 Å². The lowest BCUT2D eigenvalue weighted by Crippen LogP contribution is -2.38. The Bertz CT molecular complexity index is 1340. The highest BCUT2D eigenvalue weighted by molar-refractivity contribution is 7.85. The van der Waals surface area contributed by atoms with E-state index in [1.165, 1.54) is 0 Å². The van der Waals surface area contributed by atoms with Gasteiger partial charge in [-0.1, -0.05) is 17.6 Å². The highest BCUT2D eigenvalue weighted by Crippen LogP contribution is 2.48. The maximum atomic E-state index is 11.6. The van der Waals surface area contributed by atoms with Gasteiger partial charge in [0.2, 0.25) is 5.95 Å². The van der Waals surface area contributed by atoms with Gasteiger partial charge in [0.15, 0.2) is 5.82 Å². The van der Waals surface area contributed by atoms with Gasteiger partial charge in [-0.25, -0.2) is 15.0 Å². The van der Waals surface area contributed by atoms with Crippen molar-refractivity contribution in [3.63, 3.8) is 0 Å². The van der Waals surface area contributed by atoms with Crippen molar-refractivity contribution in [3.05, 3.63) is 60.4 Å². The van der Waals surface area contributed by atoms with Crippen molar-refractivity contribution in [1.29, 1.82) is 0 Å². The van der Waals surface area contributed by atoms with Gasteiger partial charge in [0.25, 0.3) is 5.89 Å². The molecular weight excluding hydrogens is 464 g/mol. The largest absolute Gasteiger partial charge is 0.368 e. The minimum Gasteiger partial charge on any atom is -0.368 e. The molecule has 0 bridgehead atoms. The van der Waals surface area contributed by atoms with Crippen molar-refractivity contribution in [2.45, 2.75) is 24.7 Å². The molecule has 178 valence electrons. The molecule has 1 aliphatic heterocycles. The van der Waals surface area contributed by atoms with Crippen LogP contribution in [0.4, 0.5) is 11.8 Å². The quantitative estimate of drug-likeness (QED) is 0.446. The molecule has 4 aromatic heterocycles. The zero-order valence-electron chi connectivity index (χ0n) is 19.0. The number of nitrogen functional groups attached to an aromatic ring is 1. The molecule has 0 aromatic carbocycles. The Labute approximate surface area is 204 Å². The van der Waals surface area contributed by atoms with E-state index in [0.29, 0.717) is 23.2 Å². The smallest absolute Gasteiger partial charge is 0.259 e. The summed E-state index contributed by atoms with van der Waals surface area (Å²) in [6.07, 6.45) is 9.94. The second kappa shape index (κ2) is 8.81. The van der Waals surface area contributed by atoms with Gasteiger partial charge in [-0.3, -0.25) is 9.19 Å². The van der Waals surface area contributed by atoms with Crippen LogP contribution in [-0.2, 0) is 16.2 Å². The van der Waals surface area contributed by atoms with Crippen LogP contribution in [0.15, 0.2) is 53.6 Å². The Morgan fingerprint density at radius 3 is 2.31 bits per heavy atom. The molecule has 0 atom stereocenters. The lowest BCUT2D eigenvalue weighted by atomic mass is 9.64. The van der Waals surface area contributed by atoms with E-state index >= 15 is 0 Å². The van der Waals surface area contributed by atoms with Crippen LogP contribution in [-0.4, -0.2) is 58.9 Å². The molecule has 0 unspecified atom stereocenters. The van der Waals surface area contributed by atoms with Crippen LogP contribution < -0.4 is 10.6 Å². The summed E-state index contributed by atoms with van der Waals surface area (Å²) in [4.78, 5) is 24.2. The fourth-order valence-electron chi connectivity index (χ4n) is 4.59. The van der Waals surface area contributed by atoms with Crippen LogP contribution in [0, 0.1) is 0 Å². The molecule has 2 N–H and O–H groups in total. The van der Waals surface area contributed by atoms with Gasteiger partial charge < -0.3 is 15.2 Å². The first-order valence-electron chi connectivity index (χ1n) is 11.6. The molecule has 1 saturated carbocycles. The van der Waals surface area contributed by atoms with E-state index < -0.39 is 10.8 Å². The molecular formula is C24H24N8O2S. The van der Waals surface area contributed by atoms with Gasteiger partial charge in [0.05, 0.1) is 16.7 Å². The number of hydrogen-bond acceptors (Lipinski definition) is 10. The first-order chi connectivity index (χ1) is 17.1. The van der Waals surface area contributed by atoms with E-state index in [1.54, 1.807) is 18.6 Å². The zero-order valence-corrected chi connectivity index (χ0v) is 19.8. The summed E-state index contributed by atoms with van der Waals surface area (Å²) in [5.41, 5.74) is 8.71. The summed E-state index contributed by atoms with van der Waals surface area (Å²) in [5.74, 6) is 3.60. The van der Waals surface area contributed by atoms with Gasteiger partial charge in [-0.2, -0.15) is 4.98 Å². The molecule has 35 heavy (non-hydrogen) atoms. The third kappa shape index (κ3) is 4.05. The van der Waals surface area contributed by atoms with Crippen molar-refractivity contribution < 1.29 is 8.73 Å². The summed E-state index contributed by atoms with van der Waals surface area (Å²) >= 11 is 0. The predicted octanol–water partition coefficient (Wildman–Crippen LogP) is 2.60. The Hall–Kier alpha value is -3.73. The monoisotopic (exact) mass is 488 g/mol. The molecule has 0 amide bonds. The third-order valence-corrected chi connectivity index (χ3v) is 8.12. The fourth-order valence-corrected chi connectivity index (χ4v) is 5.64. The highest BCUT2D eigenvalue weighted by atomic mass is 32.2. The van der Waals surface area contributed by atoms with Gasteiger partial charge in [-0.05, 0) is 36.6 Å². The predicted molar refractivity (Wildman–Crippen MR) is 132 cm³/mol. The van der Waals surface area contributed by atoms with E-state index in [-0.39, 0.29) is 11.4 Å². The van der Waals surface area contributed by atoms with Crippen LogP contribution in [0.1, 0.15) is 30.7 Å². The molecule has 10 nitrogen and oxygen atoms in total. The first-order valence-corrected chi connectivity index (χ1v) is 13.0. The van der Waals surface area contributed by atoms with E-state index in [4.69, 9.17) is 15.2 Å². The van der Waals surface area contributed by atoms with Crippen molar-refractivity contribution in [1.82, 2.24) is 30.1 Å². The number of hydrogen-bond donors (Lipinski definition) is 1. The molecule has 2 fully saturated rings. The number of aromatic nitrogens is 6. The lowest BCUT2D eigenvalue weighted by molar-refractivity contribution is 0.272. The third-order valence-electron chi connectivity index (χ3n) is 6.84. The van der Waals surface area contributed by atoms with Crippen molar-refractivity contribution in [2.75, 3.05) is 35.2 Å². The average Bonchev–Trinajstić information content (AvgIpc) is 3.35. The van der Waals surface area contributed by atoms with Crippen LogP contribution >= 0.6 is 0 Å². The zero-order chi connectivity index (χ0) is 23.8. The Morgan fingerprint density at radius 2 is 1.69 bits per heavy atom. The summed E-state index contributed by atoms with van der Waals surface area (Å²) in [6, 6.07) is 7.93. The molecule has 0 spiro atoms. The normalized spacial score (nSPS) is 17.8. The molecule has 1 saturated heterocycles. The number of anilines is 2. The maximum Gasteiger partial charge on any atom is 0.259 e. The van der Waals surface area contributed by atoms with E-state index in [9.17, 15) is 4.21 Å². The van der Waals surface area contributed by atoms with E-state index in [1.807, 2.05) is 24.4 Å². The number of pyridine rings is 2. The molecule has 5 heterocycles. The van der Waals surface area contributed by atoms with Gasteiger partial charge >= 0.3 is 0 Å². The van der Waals surface area contributed by atoms with Gasteiger partial charge in [-0.15, -0.1) is 0 Å². The highest BCUT2D eigenvalue weighted by Gasteiger charge is 2.45. The first kappa shape index (κ1) is 21.8. The van der Waals surface area contributed by atoms with Crippen LogP contribution in [0.3, 0.4) is 0 Å². The SMILES string of the molecule is Nc1ncc(-c2ccc(C3(c4noc(-c5ccc(N6CCS(=O)CC6)nc5)n4)CCC3)cn2)cn1. The molecule has 11 heteroatoms. The number of nitrogens with zero attached hydrogens (tertiary/aromatic N) is 7. The molecule has 1 aliphatic carbocycles. The summed E-state index contributed by atoms with van der Waals surface area (Å²) in [5, 5.41) is 4.35. The summed E-state index contributed by atoms with van der Waals surface area (Å²) in [7, 11) is -0.715. The van der Waals surface area contributed by atoms with E-state index in [2.05, 4.69) is 36.1 Å². The number of nitrogens with two attached hydrogens (primary N) is 1. The minimum atomic E-state index is -0.715. The molecule has 0 radical (unpaired) electrons. The summed E-state index contributed by atoms with van der Waals surface area (Å²) < 4.78 is 17.3. The van der Waals surface area contributed by atoms with Crippen LogP contribution in [0.25, 0.3) is 22.7 Å². The second-order valence-electron chi connectivity index (χ2n) is 8.86. The summed E-state index contributed by atoms with van der Waals surface area (Å²) in [6.45, 7) is 1.51. The maximum absolute atomic E-state index is 11.6. The Balaban J connectivity index is 1.22. The molecule has 6 rings (SSSR count). The van der Waals surface area contributed by atoms with Crippen LogP contribution in [0.5, 0.6) is 0 Å². The molecule has 4 aromatic rings. The standard InChI is InChI=1S/C24H24N8O2S/c25-23-28-13-17(14-29-23)19-4-3-18(15-26-19)24(6-1-7-24)22-30-21(34-31-22)16-2-5-20(27-12-16)32-8-10-35(33)11-9-32/h2-5,12-15H,1,6-11H2,(H2,25,28,29).